The van der Waals surface area contributed by atoms with E-state index in [1.165, 1.54) is 30.3 Å². The fraction of sp³-hybridized carbons (Fsp3) is 0.0909. The number of benzene rings is 3. The molecule has 0 saturated heterocycles. The van der Waals surface area contributed by atoms with Gasteiger partial charge in [-0.25, -0.2) is 8.42 Å². The highest BCUT2D eigenvalue weighted by atomic mass is 32.2. The molecule has 0 aliphatic carbocycles. The van der Waals surface area contributed by atoms with Crippen LogP contribution in [0.5, 0.6) is 11.5 Å². The summed E-state index contributed by atoms with van der Waals surface area (Å²) in [6.07, 6.45) is 0. The zero-order chi connectivity index (χ0) is 22.6. The van der Waals surface area contributed by atoms with E-state index in [-0.39, 0.29) is 16.0 Å². The summed E-state index contributed by atoms with van der Waals surface area (Å²) in [5, 5.41) is 0. The highest BCUT2D eigenvalue weighted by molar-refractivity contribution is 7.92. The molecule has 0 atom stereocenters. The van der Waals surface area contributed by atoms with E-state index in [4.69, 9.17) is 9.47 Å². The smallest absolute Gasteiger partial charge is 0.269 e. The number of anilines is 1. The van der Waals surface area contributed by atoms with E-state index in [0.717, 1.165) is 0 Å². The van der Waals surface area contributed by atoms with Gasteiger partial charge in [0.05, 0.1) is 4.90 Å². The summed E-state index contributed by atoms with van der Waals surface area (Å²) in [5.74, 6) is -0.137. The molecule has 0 fully saturated rings. The monoisotopic (exact) mass is 453 g/mol. The largest absolute Gasteiger partial charge is 0.486 e. The van der Waals surface area contributed by atoms with Crippen LogP contribution in [0.15, 0.2) is 77.7 Å². The summed E-state index contributed by atoms with van der Waals surface area (Å²) in [7, 11) is -3.80. The molecule has 2 amide bonds. The molecule has 3 aromatic carbocycles. The molecule has 0 aromatic heterocycles. The Kier molecular flexibility index (Phi) is 5.95. The van der Waals surface area contributed by atoms with Gasteiger partial charge in [-0.3, -0.25) is 25.2 Å². The van der Waals surface area contributed by atoms with Crippen molar-refractivity contribution in [3.63, 3.8) is 0 Å². The van der Waals surface area contributed by atoms with Crippen molar-refractivity contribution in [1.29, 1.82) is 0 Å². The number of ether oxygens (including phenoxy) is 2. The average molecular weight is 453 g/mol. The van der Waals surface area contributed by atoms with Gasteiger partial charge in [0.1, 0.15) is 13.2 Å². The van der Waals surface area contributed by atoms with E-state index in [0.29, 0.717) is 30.4 Å². The maximum atomic E-state index is 12.5. The molecule has 4 rings (SSSR count). The number of carbonyl (C=O) groups excluding carboxylic acids is 2. The first kappa shape index (κ1) is 21.2. The molecule has 0 bridgehead atoms. The van der Waals surface area contributed by atoms with Gasteiger partial charge >= 0.3 is 0 Å². The van der Waals surface area contributed by atoms with E-state index in [9.17, 15) is 18.0 Å². The normalized spacial score (nSPS) is 12.5. The fourth-order valence-electron chi connectivity index (χ4n) is 2.95. The third-order valence-electron chi connectivity index (χ3n) is 4.55. The SMILES string of the molecule is O=C(NNC(=O)c1ccc2c(c1)OCCO2)c1ccc(S(=O)(=O)Nc2ccccc2)cc1. The van der Waals surface area contributed by atoms with Gasteiger partial charge in [-0.05, 0) is 54.6 Å². The Morgan fingerprint density at radius 3 is 2.00 bits per heavy atom. The average Bonchev–Trinajstić information content (AvgIpc) is 2.82. The number of sulfonamides is 1. The first-order valence-electron chi connectivity index (χ1n) is 9.61. The van der Waals surface area contributed by atoms with Crippen LogP contribution in [0.1, 0.15) is 20.7 Å². The van der Waals surface area contributed by atoms with Gasteiger partial charge in [0.15, 0.2) is 11.5 Å². The van der Waals surface area contributed by atoms with Crippen molar-refractivity contribution in [2.45, 2.75) is 4.90 Å². The lowest BCUT2D eigenvalue weighted by molar-refractivity contribution is 0.0846. The molecule has 0 spiro atoms. The molecule has 1 aliphatic rings. The van der Waals surface area contributed by atoms with E-state index in [2.05, 4.69) is 15.6 Å². The summed E-state index contributed by atoms with van der Waals surface area (Å²) in [6.45, 7) is 0.832. The number of para-hydroxylation sites is 1. The lowest BCUT2D eigenvalue weighted by Gasteiger charge is -2.18. The molecule has 164 valence electrons. The van der Waals surface area contributed by atoms with Crippen LogP contribution in [-0.2, 0) is 10.0 Å². The molecule has 0 unspecified atom stereocenters. The second-order valence-corrected chi connectivity index (χ2v) is 8.44. The van der Waals surface area contributed by atoms with Crippen LogP contribution in [0.2, 0.25) is 0 Å². The highest BCUT2D eigenvalue weighted by Gasteiger charge is 2.17. The van der Waals surface area contributed by atoms with Crippen molar-refractivity contribution in [3.05, 3.63) is 83.9 Å². The first-order chi connectivity index (χ1) is 15.4. The molecular formula is C22H19N3O6S. The van der Waals surface area contributed by atoms with Crippen LogP contribution in [0.25, 0.3) is 0 Å². The van der Waals surface area contributed by atoms with Gasteiger partial charge in [-0.1, -0.05) is 18.2 Å². The van der Waals surface area contributed by atoms with E-state index in [1.54, 1.807) is 42.5 Å². The maximum absolute atomic E-state index is 12.5. The van der Waals surface area contributed by atoms with E-state index >= 15 is 0 Å². The van der Waals surface area contributed by atoms with Crippen molar-refractivity contribution in [3.8, 4) is 11.5 Å². The molecule has 32 heavy (non-hydrogen) atoms. The zero-order valence-corrected chi connectivity index (χ0v) is 17.5. The number of nitrogens with one attached hydrogen (secondary N) is 3. The van der Waals surface area contributed by atoms with Crippen molar-refractivity contribution in [2.75, 3.05) is 17.9 Å². The second kappa shape index (κ2) is 8.98. The number of rotatable bonds is 5. The van der Waals surface area contributed by atoms with Crippen LogP contribution < -0.4 is 25.0 Å². The van der Waals surface area contributed by atoms with Crippen LogP contribution in [0.4, 0.5) is 5.69 Å². The van der Waals surface area contributed by atoms with Crippen molar-refractivity contribution in [1.82, 2.24) is 10.9 Å². The molecule has 9 nitrogen and oxygen atoms in total. The van der Waals surface area contributed by atoms with Gasteiger partial charge in [-0.15, -0.1) is 0 Å². The van der Waals surface area contributed by atoms with Crippen molar-refractivity contribution < 1.29 is 27.5 Å². The number of amides is 2. The first-order valence-corrected chi connectivity index (χ1v) is 11.1. The Morgan fingerprint density at radius 2 is 1.31 bits per heavy atom. The summed E-state index contributed by atoms with van der Waals surface area (Å²) < 4.78 is 38.2. The molecule has 3 aromatic rings. The number of hydrogen-bond donors (Lipinski definition) is 3. The number of fused-ring (bicyclic) bond motifs is 1. The second-order valence-electron chi connectivity index (χ2n) is 6.76. The molecule has 10 heteroatoms. The van der Waals surface area contributed by atoms with Crippen LogP contribution >= 0.6 is 0 Å². The summed E-state index contributed by atoms with van der Waals surface area (Å²) in [6, 6.07) is 18.5. The molecular weight excluding hydrogens is 434 g/mol. The van der Waals surface area contributed by atoms with Crippen LogP contribution in [0, 0.1) is 0 Å². The lowest BCUT2D eigenvalue weighted by atomic mass is 10.2. The van der Waals surface area contributed by atoms with Gasteiger partial charge in [-0.2, -0.15) is 0 Å². The van der Waals surface area contributed by atoms with Crippen LogP contribution in [0.3, 0.4) is 0 Å². The van der Waals surface area contributed by atoms with Crippen molar-refractivity contribution in [2.24, 2.45) is 0 Å². The van der Waals surface area contributed by atoms with E-state index < -0.39 is 21.8 Å². The highest BCUT2D eigenvalue weighted by Crippen LogP contribution is 2.30. The third-order valence-corrected chi connectivity index (χ3v) is 5.94. The Bertz CT molecular complexity index is 1240. The number of hydrogen-bond acceptors (Lipinski definition) is 6. The summed E-state index contributed by atoms with van der Waals surface area (Å²) >= 11 is 0. The van der Waals surface area contributed by atoms with Gasteiger partial charge in [0, 0.05) is 16.8 Å². The zero-order valence-electron chi connectivity index (χ0n) is 16.7. The topological polar surface area (TPSA) is 123 Å². The number of carbonyl (C=O) groups is 2. The Labute approximate surface area is 184 Å². The standard InChI is InChI=1S/C22H19N3O6S/c26-21(23-24-22(27)16-8-11-19-20(14-16)31-13-12-30-19)15-6-9-18(10-7-15)32(28,29)25-17-4-2-1-3-5-17/h1-11,14,25H,12-13H2,(H,23,26)(H,24,27). The quantitative estimate of drug-likeness (QED) is 0.510. The number of hydrazine groups is 1. The summed E-state index contributed by atoms with van der Waals surface area (Å²) in [4.78, 5) is 24.6. The minimum absolute atomic E-state index is 0.00165. The van der Waals surface area contributed by atoms with Crippen LogP contribution in [-0.4, -0.2) is 33.4 Å². The maximum Gasteiger partial charge on any atom is 0.269 e. The predicted molar refractivity (Wildman–Crippen MR) is 116 cm³/mol. The molecule has 0 saturated carbocycles. The molecule has 1 heterocycles. The fourth-order valence-corrected chi connectivity index (χ4v) is 4.01. The minimum atomic E-state index is -3.80. The predicted octanol–water partition coefficient (Wildman–Crippen LogP) is 2.33. The van der Waals surface area contributed by atoms with Gasteiger partial charge in [0.2, 0.25) is 0 Å². The minimum Gasteiger partial charge on any atom is -0.486 e. The van der Waals surface area contributed by atoms with Gasteiger partial charge < -0.3 is 9.47 Å². The summed E-state index contributed by atoms with van der Waals surface area (Å²) in [5.41, 5.74) is 5.50. The van der Waals surface area contributed by atoms with Gasteiger partial charge in [0.25, 0.3) is 21.8 Å². The lowest BCUT2D eigenvalue weighted by Crippen LogP contribution is -2.41. The molecule has 1 aliphatic heterocycles. The third kappa shape index (κ3) is 4.81. The Balaban J connectivity index is 1.37. The van der Waals surface area contributed by atoms with Crippen molar-refractivity contribution >= 4 is 27.5 Å². The Hall–Kier alpha value is -4.05. The Morgan fingerprint density at radius 1 is 0.719 bits per heavy atom. The molecule has 0 radical (unpaired) electrons. The molecule has 3 N–H and O–H groups in total. The van der Waals surface area contributed by atoms with E-state index in [1.807, 2.05) is 0 Å².